The van der Waals surface area contributed by atoms with Crippen molar-refractivity contribution in [2.75, 3.05) is 13.2 Å². The molecule has 0 aliphatic carbocycles. The smallest absolute Gasteiger partial charge is 0.306 e. The number of ether oxygens (including phenoxy) is 2. The van der Waals surface area contributed by atoms with Gasteiger partial charge in [0.15, 0.2) is 6.10 Å². The van der Waals surface area contributed by atoms with Gasteiger partial charge >= 0.3 is 11.9 Å². The zero-order chi connectivity index (χ0) is 49.2. The molecule has 68 heavy (non-hydrogen) atoms. The van der Waals surface area contributed by atoms with Crippen LogP contribution in [0, 0.1) is 0 Å². The van der Waals surface area contributed by atoms with Crippen LogP contribution in [0.2, 0.25) is 0 Å². The Balaban J connectivity index is 3.39. The van der Waals surface area contributed by atoms with Crippen LogP contribution >= 0.6 is 0 Å². The van der Waals surface area contributed by atoms with E-state index in [0.717, 1.165) is 38.5 Å². The Morgan fingerprint density at radius 2 is 0.588 bits per heavy atom. The Kier molecular flexibility index (Phi) is 58.3. The van der Waals surface area contributed by atoms with E-state index in [1.807, 2.05) is 0 Å². The summed E-state index contributed by atoms with van der Waals surface area (Å²) >= 11 is 0. The SMILES string of the molecule is CCCCCCC/C=C\C/C=C\CCCCCCCCCCCC(=O)OC(CO)COC(=O)CCCCCCCCCCCCCCCCCCCCCCCCCCCCCCCCCCC. The van der Waals surface area contributed by atoms with Gasteiger partial charge in [0.25, 0.3) is 0 Å². The fourth-order valence-electron chi connectivity index (χ4n) is 9.59. The van der Waals surface area contributed by atoms with Crippen LogP contribution in [0.5, 0.6) is 0 Å². The predicted octanol–water partition coefficient (Wildman–Crippen LogP) is 20.9. The van der Waals surface area contributed by atoms with Gasteiger partial charge in [0.1, 0.15) is 6.61 Å². The molecule has 0 saturated carbocycles. The van der Waals surface area contributed by atoms with Crippen LogP contribution in [-0.4, -0.2) is 36.4 Å². The number of hydrogen-bond acceptors (Lipinski definition) is 5. The molecule has 1 N–H and O–H groups in total. The highest BCUT2D eigenvalue weighted by Crippen LogP contribution is 2.18. The van der Waals surface area contributed by atoms with Gasteiger partial charge in [-0.25, -0.2) is 0 Å². The standard InChI is InChI=1S/C63H120O5/c1-3-5-7-9-11-13-15-17-19-21-23-25-26-27-28-29-30-31-32-33-34-35-36-38-39-41-43-45-47-49-51-53-55-57-62(65)67-60-61(59-64)68-63(66)58-56-54-52-50-48-46-44-42-40-37-24-22-20-18-16-14-12-10-8-6-4-2/h16,18,22,24,61,64H,3-15,17,19-21,23,25-60H2,1-2H3/b18-16-,24-22-. The first-order valence-corrected chi connectivity index (χ1v) is 30.9. The Hall–Kier alpha value is -1.62. The first-order chi connectivity index (χ1) is 33.6. The minimum atomic E-state index is -0.771. The largest absolute Gasteiger partial charge is 0.462 e. The average molecular weight is 958 g/mol. The quantitative estimate of drug-likeness (QED) is 0.0374. The van der Waals surface area contributed by atoms with E-state index in [-0.39, 0.29) is 25.2 Å². The van der Waals surface area contributed by atoms with E-state index in [9.17, 15) is 14.7 Å². The van der Waals surface area contributed by atoms with Crippen molar-refractivity contribution in [3.8, 4) is 0 Å². The third-order valence-electron chi connectivity index (χ3n) is 14.2. The lowest BCUT2D eigenvalue weighted by Gasteiger charge is -2.15. The summed E-state index contributed by atoms with van der Waals surface area (Å²) in [5, 5.41) is 9.66. The van der Waals surface area contributed by atoms with Crippen molar-refractivity contribution < 1.29 is 24.2 Å². The third kappa shape index (κ3) is 57.0. The number of unbranched alkanes of at least 4 members (excludes halogenated alkanes) is 46. The molecule has 0 bridgehead atoms. The first kappa shape index (κ1) is 66.4. The molecule has 0 aromatic carbocycles. The van der Waals surface area contributed by atoms with E-state index >= 15 is 0 Å². The first-order valence-electron chi connectivity index (χ1n) is 30.9. The Morgan fingerprint density at radius 3 is 0.868 bits per heavy atom. The highest BCUT2D eigenvalue weighted by molar-refractivity contribution is 5.70. The number of esters is 2. The predicted molar refractivity (Wildman–Crippen MR) is 298 cm³/mol. The minimum absolute atomic E-state index is 0.0618. The van der Waals surface area contributed by atoms with Gasteiger partial charge in [0.2, 0.25) is 0 Å². The van der Waals surface area contributed by atoms with Gasteiger partial charge in [0, 0.05) is 12.8 Å². The van der Waals surface area contributed by atoms with Crippen LogP contribution < -0.4 is 0 Å². The molecule has 0 aromatic heterocycles. The molecule has 5 nitrogen and oxygen atoms in total. The highest BCUT2D eigenvalue weighted by atomic mass is 16.6. The molecule has 0 fully saturated rings. The lowest BCUT2D eigenvalue weighted by atomic mass is 10.0. The summed E-state index contributed by atoms with van der Waals surface area (Å²) in [7, 11) is 0. The van der Waals surface area contributed by atoms with Crippen molar-refractivity contribution in [2.45, 2.75) is 354 Å². The van der Waals surface area contributed by atoms with Crippen molar-refractivity contribution in [3.05, 3.63) is 24.3 Å². The molecular weight excluding hydrogens is 837 g/mol. The molecule has 0 spiro atoms. The number of rotatable bonds is 58. The lowest BCUT2D eigenvalue weighted by molar-refractivity contribution is -0.161. The lowest BCUT2D eigenvalue weighted by Crippen LogP contribution is -2.28. The van der Waals surface area contributed by atoms with Crippen LogP contribution in [-0.2, 0) is 19.1 Å². The van der Waals surface area contributed by atoms with Crippen LogP contribution in [0.3, 0.4) is 0 Å². The summed E-state index contributed by atoms with van der Waals surface area (Å²) in [5.74, 6) is -0.575. The van der Waals surface area contributed by atoms with Crippen molar-refractivity contribution >= 4 is 11.9 Å². The van der Waals surface area contributed by atoms with Gasteiger partial charge in [-0.3, -0.25) is 9.59 Å². The van der Waals surface area contributed by atoms with Crippen molar-refractivity contribution in [1.82, 2.24) is 0 Å². The molecular formula is C63H120O5. The number of allylic oxidation sites excluding steroid dienone is 4. The van der Waals surface area contributed by atoms with E-state index in [1.165, 1.54) is 283 Å². The van der Waals surface area contributed by atoms with Crippen molar-refractivity contribution in [3.63, 3.8) is 0 Å². The van der Waals surface area contributed by atoms with Gasteiger partial charge < -0.3 is 14.6 Å². The van der Waals surface area contributed by atoms with Gasteiger partial charge in [-0.1, -0.05) is 314 Å². The zero-order valence-corrected chi connectivity index (χ0v) is 46.2. The van der Waals surface area contributed by atoms with E-state index in [0.29, 0.717) is 12.8 Å². The van der Waals surface area contributed by atoms with E-state index in [2.05, 4.69) is 38.2 Å². The number of carbonyl (C=O) groups is 2. The average Bonchev–Trinajstić information content (AvgIpc) is 3.34. The van der Waals surface area contributed by atoms with Crippen LogP contribution in [0.15, 0.2) is 24.3 Å². The second kappa shape index (κ2) is 59.7. The molecule has 0 radical (unpaired) electrons. The molecule has 0 aliphatic heterocycles. The summed E-state index contributed by atoms with van der Waals surface area (Å²) < 4.78 is 10.7. The summed E-state index contributed by atoms with van der Waals surface area (Å²) in [6, 6.07) is 0. The number of aliphatic hydroxyl groups excluding tert-OH is 1. The van der Waals surface area contributed by atoms with Gasteiger partial charge in [-0.05, 0) is 44.9 Å². The van der Waals surface area contributed by atoms with Crippen LogP contribution in [0.25, 0.3) is 0 Å². The maximum atomic E-state index is 12.3. The number of hydrogen-bond donors (Lipinski definition) is 1. The summed E-state index contributed by atoms with van der Waals surface area (Å²) in [6.07, 6.45) is 76.1. The van der Waals surface area contributed by atoms with E-state index < -0.39 is 6.10 Å². The highest BCUT2D eigenvalue weighted by Gasteiger charge is 2.16. The number of aliphatic hydroxyl groups is 1. The topological polar surface area (TPSA) is 72.8 Å². The van der Waals surface area contributed by atoms with Gasteiger partial charge in [0.05, 0.1) is 6.61 Å². The minimum Gasteiger partial charge on any atom is -0.462 e. The van der Waals surface area contributed by atoms with Gasteiger partial charge in [-0.2, -0.15) is 0 Å². The van der Waals surface area contributed by atoms with Crippen molar-refractivity contribution in [1.29, 1.82) is 0 Å². The second-order valence-corrected chi connectivity index (χ2v) is 21.1. The molecule has 0 aromatic rings. The molecule has 0 amide bonds. The molecule has 0 saturated heterocycles. The maximum Gasteiger partial charge on any atom is 0.306 e. The van der Waals surface area contributed by atoms with Crippen LogP contribution in [0.4, 0.5) is 0 Å². The molecule has 1 atom stereocenters. The maximum absolute atomic E-state index is 12.3. The molecule has 5 heteroatoms. The number of carbonyl (C=O) groups excluding carboxylic acids is 2. The van der Waals surface area contributed by atoms with Crippen LogP contribution in [0.1, 0.15) is 348 Å². The van der Waals surface area contributed by atoms with E-state index in [1.54, 1.807) is 0 Å². The zero-order valence-electron chi connectivity index (χ0n) is 46.2. The summed E-state index contributed by atoms with van der Waals surface area (Å²) in [5.41, 5.74) is 0. The second-order valence-electron chi connectivity index (χ2n) is 21.1. The molecule has 0 rings (SSSR count). The Morgan fingerprint density at radius 1 is 0.338 bits per heavy atom. The van der Waals surface area contributed by atoms with Crippen molar-refractivity contribution in [2.24, 2.45) is 0 Å². The Bertz CT molecular complexity index is 1040. The van der Waals surface area contributed by atoms with Gasteiger partial charge in [-0.15, -0.1) is 0 Å². The van der Waals surface area contributed by atoms with E-state index in [4.69, 9.17) is 9.47 Å². The monoisotopic (exact) mass is 957 g/mol. The third-order valence-corrected chi connectivity index (χ3v) is 14.2. The summed E-state index contributed by atoms with van der Waals surface area (Å²) in [4.78, 5) is 24.5. The normalized spacial score (nSPS) is 12.2. The fourth-order valence-corrected chi connectivity index (χ4v) is 9.59. The summed E-state index contributed by atoms with van der Waals surface area (Å²) in [6.45, 7) is 4.18. The molecule has 1 unspecified atom stereocenters. The molecule has 402 valence electrons. The Labute approximate surface area is 425 Å². The molecule has 0 heterocycles. The molecule has 0 aliphatic rings. The fraction of sp³-hybridized carbons (Fsp3) is 0.905.